The molecule has 0 amide bonds. The maximum absolute atomic E-state index is 12.4. The second-order valence-electron chi connectivity index (χ2n) is 4.99. The molecule has 3 rings (SSSR count). The van der Waals surface area contributed by atoms with Crippen LogP contribution in [0.25, 0.3) is 10.9 Å². The fourth-order valence-electron chi connectivity index (χ4n) is 2.46. The van der Waals surface area contributed by atoms with E-state index in [4.69, 9.17) is 0 Å². The summed E-state index contributed by atoms with van der Waals surface area (Å²) in [5, 5.41) is 1.53. The van der Waals surface area contributed by atoms with Crippen LogP contribution in [-0.2, 0) is 13.6 Å². The van der Waals surface area contributed by atoms with Gasteiger partial charge in [0.05, 0.1) is 28.1 Å². The summed E-state index contributed by atoms with van der Waals surface area (Å²) in [7, 11) is 1.51. The molecule has 1 aromatic carbocycles. The van der Waals surface area contributed by atoms with E-state index in [-0.39, 0.29) is 11.2 Å². The molecule has 0 bridgehead atoms. The monoisotopic (exact) mass is 301 g/mol. The van der Waals surface area contributed by atoms with E-state index in [9.17, 15) is 9.59 Å². The van der Waals surface area contributed by atoms with E-state index in [1.54, 1.807) is 34.1 Å². The van der Waals surface area contributed by atoms with Crippen LogP contribution in [0.2, 0.25) is 0 Å². The maximum atomic E-state index is 12.4. The molecule has 0 saturated carbocycles. The Morgan fingerprint density at radius 1 is 1.19 bits per heavy atom. The van der Waals surface area contributed by atoms with Gasteiger partial charge in [0.1, 0.15) is 0 Å². The summed E-state index contributed by atoms with van der Waals surface area (Å²) in [6, 6.07) is 7.20. The zero-order valence-electron chi connectivity index (χ0n) is 12.1. The molecule has 0 saturated heterocycles. The molecule has 0 radical (unpaired) electrons. The van der Waals surface area contributed by atoms with Gasteiger partial charge in [0.2, 0.25) is 0 Å². The third-order valence-corrected chi connectivity index (χ3v) is 4.61. The van der Waals surface area contributed by atoms with Crippen LogP contribution in [0, 0.1) is 13.8 Å². The lowest BCUT2D eigenvalue weighted by Gasteiger charge is -2.11. The Kier molecular flexibility index (Phi) is 3.25. The van der Waals surface area contributed by atoms with Gasteiger partial charge in [-0.05, 0) is 26.0 Å². The fraction of sp³-hybridized carbons (Fsp3) is 0.267. The molecule has 0 atom stereocenters. The molecular weight excluding hydrogens is 286 g/mol. The van der Waals surface area contributed by atoms with Crippen molar-refractivity contribution >= 4 is 22.2 Å². The molecule has 0 spiro atoms. The summed E-state index contributed by atoms with van der Waals surface area (Å²) < 4.78 is 2.79. The zero-order chi connectivity index (χ0) is 15.1. The molecule has 108 valence electrons. The lowest BCUT2D eigenvalue weighted by Crippen LogP contribution is -2.38. The minimum Gasteiger partial charge on any atom is -0.288 e. The molecule has 0 aliphatic carbocycles. The second kappa shape index (κ2) is 4.96. The Morgan fingerprint density at radius 2 is 1.90 bits per heavy atom. The third kappa shape index (κ3) is 2.21. The standard InChI is InChI=1S/C15H15N3O2S/c1-9-13(21-10(2)16-9)8-18-12-7-5-4-6-11(12)14(19)17(3)15(18)20/h4-7H,8H2,1-3H3. The number of rotatable bonds is 2. The number of thiazole rings is 1. The minimum absolute atomic E-state index is 0.260. The van der Waals surface area contributed by atoms with Crippen molar-refractivity contribution < 1.29 is 0 Å². The van der Waals surface area contributed by atoms with Crippen LogP contribution in [0.15, 0.2) is 33.9 Å². The van der Waals surface area contributed by atoms with Crippen LogP contribution in [0.3, 0.4) is 0 Å². The normalized spacial score (nSPS) is 11.2. The Balaban J connectivity index is 2.30. The number of aryl methyl sites for hydroxylation is 2. The average molecular weight is 301 g/mol. The van der Waals surface area contributed by atoms with Gasteiger partial charge in [0.25, 0.3) is 5.56 Å². The van der Waals surface area contributed by atoms with Crippen LogP contribution >= 0.6 is 11.3 Å². The number of aromatic nitrogens is 3. The molecule has 2 aromatic heterocycles. The quantitative estimate of drug-likeness (QED) is 0.725. The maximum Gasteiger partial charge on any atom is 0.331 e. The van der Waals surface area contributed by atoms with Gasteiger partial charge in [-0.2, -0.15) is 0 Å². The van der Waals surface area contributed by atoms with E-state index < -0.39 is 0 Å². The van der Waals surface area contributed by atoms with Crippen molar-refractivity contribution in [2.45, 2.75) is 20.4 Å². The fourth-order valence-corrected chi connectivity index (χ4v) is 3.38. The van der Waals surface area contributed by atoms with E-state index in [0.29, 0.717) is 17.4 Å². The summed E-state index contributed by atoms with van der Waals surface area (Å²) >= 11 is 1.58. The van der Waals surface area contributed by atoms with Gasteiger partial charge in [-0.1, -0.05) is 12.1 Å². The van der Waals surface area contributed by atoms with E-state index in [1.165, 1.54) is 7.05 Å². The molecule has 0 fully saturated rings. The van der Waals surface area contributed by atoms with E-state index in [0.717, 1.165) is 20.1 Å². The van der Waals surface area contributed by atoms with Crippen molar-refractivity contribution in [2.75, 3.05) is 0 Å². The van der Waals surface area contributed by atoms with Gasteiger partial charge in [-0.3, -0.25) is 13.9 Å². The Morgan fingerprint density at radius 3 is 2.57 bits per heavy atom. The number of hydrogen-bond donors (Lipinski definition) is 0. The lowest BCUT2D eigenvalue weighted by molar-refractivity contribution is 0.676. The van der Waals surface area contributed by atoms with Crippen LogP contribution in [0.5, 0.6) is 0 Å². The number of benzene rings is 1. The molecule has 0 N–H and O–H groups in total. The number of nitrogens with zero attached hydrogens (tertiary/aromatic N) is 3. The Bertz CT molecular complexity index is 950. The van der Waals surface area contributed by atoms with Gasteiger partial charge in [0, 0.05) is 11.9 Å². The SMILES string of the molecule is Cc1nc(C)c(Cn2c(=O)n(C)c(=O)c3ccccc32)s1. The molecule has 5 nitrogen and oxygen atoms in total. The van der Waals surface area contributed by atoms with Crippen LogP contribution in [-0.4, -0.2) is 14.1 Å². The number of hydrogen-bond acceptors (Lipinski definition) is 4. The second-order valence-corrected chi connectivity index (χ2v) is 6.28. The summed E-state index contributed by atoms with van der Waals surface area (Å²) in [5.41, 5.74) is 1.03. The van der Waals surface area contributed by atoms with E-state index >= 15 is 0 Å². The van der Waals surface area contributed by atoms with Gasteiger partial charge in [-0.15, -0.1) is 11.3 Å². The minimum atomic E-state index is -0.302. The number of fused-ring (bicyclic) bond motifs is 1. The van der Waals surface area contributed by atoms with Crippen molar-refractivity contribution in [3.8, 4) is 0 Å². The van der Waals surface area contributed by atoms with Crippen molar-refractivity contribution in [1.82, 2.24) is 14.1 Å². The van der Waals surface area contributed by atoms with Crippen LogP contribution < -0.4 is 11.2 Å². The molecule has 0 aliphatic rings. The first-order valence-electron chi connectivity index (χ1n) is 6.60. The average Bonchev–Trinajstić information content (AvgIpc) is 2.79. The first kappa shape index (κ1) is 13.8. The van der Waals surface area contributed by atoms with Crippen LogP contribution in [0.1, 0.15) is 15.6 Å². The largest absolute Gasteiger partial charge is 0.331 e. The summed E-state index contributed by atoms with van der Waals surface area (Å²) in [5.74, 6) is 0. The van der Waals surface area contributed by atoms with Gasteiger partial charge >= 0.3 is 5.69 Å². The van der Waals surface area contributed by atoms with Crippen molar-refractivity contribution in [3.63, 3.8) is 0 Å². The zero-order valence-corrected chi connectivity index (χ0v) is 12.9. The first-order chi connectivity index (χ1) is 9.99. The third-order valence-electron chi connectivity index (χ3n) is 3.55. The first-order valence-corrected chi connectivity index (χ1v) is 7.42. The van der Waals surface area contributed by atoms with E-state index in [2.05, 4.69) is 4.98 Å². The highest BCUT2D eigenvalue weighted by Crippen LogP contribution is 2.19. The highest BCUT2D eigenvalue weighted by atomic mass is 32.1. The smallest absolute Gasteiger partial charge is 0.288 e. The molecular formula is C15H15N3O2S. The topological polar surface area (TPSA) is 56.9 Å². The predicted molar refractivity (Wildman–Crippen MR) is 84.1 cm³/mol. The van der Waals surface area contributed by atoms with Crippen molar-refractivity contribution in [2.24, 2.45) is 7.05 Å². The highest BCUT2D eigenvalue weighted by Gasteiger charge is 2.13. The predicted octanol–water partition coefficient (Wildman–Crippen LogP) is 1.82. The van der Waals surface area contributed by atoms with Gasteiger partial charge in [0.15, 0.2) is 0 Å². The van der Waals surface area contributed by atoms with E-state index in [1.807, 2.05) is 19.9 Å². The molecule has 21 heavy (non-hydrogen) atoms. The number of para-hydroxylation sites is 1. The molecule has 0 aliphatic heterocycles. The molecule has 2 heterocycles. The molecule has 3 aromatic rings. The molecule has 6 heteroatoms. The van der Waals surface area contributed by atoms with Gasteiger partial charge < -0.3 is 0 Å². The molecule has 0 unspecified atom stereocenters. The lowest BCUT2D eigenvalue weighted by atomic mass is 10.2. The summed E-state index contributed by atoms with van der Waals surface area (Å²) in [4.78, 5) is 30.0. The Hall–Kier alpha value is -2.21. The van der Waals surface area contributed by atoms with Gasteiger partial charge in [-0.25, -0.2) is 9.78 Å². The van der Waals surface area contributed by atoms with Crippen molar-refractivity contribution in [3.05, 3.63) is 60.7 Å². The highest BCUT2D eigenvalue weighted by molar-refractivity contribution is 7.11. The van der Waals surface area contributed by atoms with Crippen molar-refractivity contribution in [1.29, 1.82) is 0 Å². The van der Waals surface area contributed by atoms with Crippen LogP contribution in [0.4, 0.5) is 0 Å². The summed E-state index contributed by atoms with van der Waals surface area (Å²) in [6.45, 7) is 4.32. The summed E-state index contributed by atoms with van der Waals surface area (Å²) in [6.07, 6.45) is 0. The Labute approximate surface area is 125 Å².